The molecule has 0 saturated carbocycles. The minimum absolute atomic E-state index is 0.0792. The first kappa shape index (κ1) is 21.4. The maximum Gasteiger partial charge on any atom is 0.412 e. The summed E-state index contributed by atoms with van der Waals surface area (Å²) in [6.45, 7) is 3.26. The highest BCUT2D eigenvalue weighted by Gasteiger charge is 2.30. The van der Waals surface area contributed by atoms with Crippen molar-refractivity contribution in [2.45, 2.75) is 45.4 Å². The van der Waals surface area contributed by atoms with Gasteiger partial charge in [-0.2, -0.15) is 0 Å². The fourth-order valence-electron chi connectivity index (χ4n) is 3.01. The van der Waals surface area contributed by atoms with Crippen LogP contribution >= 0.6 is 0 Å². The van der Waals surface area contributed by atoms with Gasteiger partial charge in [0, 0.05) is 0 Å². The third-order valence-electron chi connectivity index (χ3n) is 4.58. The molecule has 0 bridgehead atoms. The average Bonchev–Trinajstić information content (AvgIpc) is 2.75. The number of aliphatic hydroxyl groups excluding tert-OH is 1. The first-order chi connectivity index (χ1) is 13.6. The Morgan fingerprint density at radius 3 is 2.14 bits per heavy atom. The van der Waals surface area contributed by atoms with Crippen LogP contribution in [0.1, 0.15) is 43.9 Å². The topological polar surface area (TPSA) is 78.9 Å². The molecule has 0 aliphatic rings. The number of hydrogen-bond donors (Lipinski definition) is 2. The van der Waals surface area contributed by atoms with E-state index in [9.17, 15) is 14.7 Å². The van der Waals surface area contributed by atoms with Crippen LogP contribution < -0.4 is 5.32 Å². The van der Waals surface area contributed by atoms with Crippen molar-refractivity contribution < 1.29 is 19.4 Å². The molecule has 2 rings (SSSR count). The summed E-state index contributed by atoms with van der Waals surface area (Å²) >= 11 is 0. The molecule has 6 heteroatoms. The molecule has 0 aliphatic carbocycles. The van der Waals surface area contributed by atoms with Gasteiger partial charge in [-0.25, -0.2) is 4.79 Å². The predicted octanol–water partition coefficient (Wildman–Crippen LogP) is 3.62. The van der Waals surface area contributed by atoms with Crippen molar-refractivity contribution in [3.8, 4) is 0 Å². The number of hydrogen-bond acceptors (Lipinski definition) is 4. The molecule has 2 N–H and O–H groups in total. The van der Waals surface area contributed by atoms with Crippen LogP contribution in [0.4, 0.5) is 4.79 Å². The molecular formula is C22H28N2O4. The molecule has 0 saturated heterocycles. The van der Waals surface area contributed by atoms with E-state index in [2.05, 4.69) is 5.32 Å². The lowest BCUT2D eigenvalue weighted by Gasteiger charge is -2.29. The molecule has 2 aromatic rings. The normalized spacial score (nSPS) is 12.7. The SMILES string of the molecule is CCC(NC(=O)[C@H](CC)N(CO)C(=O)OCc1ccccc1)c1ccccc1. The molecule has 2 amide bonds. The zero-order valence-electron chi connectivity index (χ0n) is 16.4. The number of nitrogens with zero attached hydrogens (tertiary/aromatic N) is 1. The number of carbonyl (C=O) groups is 2. The second kappa shape index (κ2) is 11.1. The maximum atomic E-state index is 12.8. The van der Waals surface area contributed by atoms with Gasteiger partial charge in [0.25, 0.3) is 0 Å². The van der Waals surface area contributed by atoms with E-state index in [0.717, 1.165) is 16.0 Å². The molecule has 6 nitrogen and oxygen atoms in total. The number of nitrogens with one attached hydrogen (secondary N) is 1. The highest BCUT2D eigenvalue weighted by atomic mass is 16.6. The highest BCUT2D eigenvalue weighted by molar-refractivity contribution is 5.85. The third kappa shape index (κ3) is 5.82. The fourth-order valence-corrected chi connectivity index (χ4v) is 3.01. The Kier molecular flexibility index (Phi) is 8.49. The first-order valence-corrected chi connectivity index (χ1v) is 9.54. The summed E-state index contributed by atoms with van der Waals surface area (Å²) in [5.41, 5.74) is 1.83. The molecule has 0 aromatic heterocycles. The molecule has 0 fully saturated rings. The number of benzene rings is 2. The largest absolute Gasteiger partial charge is 0.444 e. The van der Waals surface area contributed by atoms with E-state index in [1.165, 1.54) is 0 Å². The van der Waals surface area contributed by atoms with Gasteiger partial charge in [-0.3, -0.25) is 9.69 Å². The fraction of sp³-hybridized carbons (Fsp3) is 0.364. The van der Waals surface area contributed by atoms with Crippen molar-refractivity contribution in [2.75, 3.05) is 6.73 Å². The number of rotatable bonds is 9. The number of amides is 2. The second-order valence-electron chi connectivity index (χ2n) is 6.46. The predicted molar refractivity (Wildman–Crippen MR) is 107 cm³/mol. The summed E-state index contributed by atoms with van der Waals surface area (Å²) in [5.74, 6) is -0.316. The lowest BCUT2D eigenvalue weighted by Crippen LogP contribution is -2.50. The maximum absolute atomic E-state index is 12.8. The molecule has 0 heterocycles. The first-order valence-electron chi connectivity index (χ1n) is 9.54. The van der Waals surface area contributed by atoms with Gasteiger partial charge in [0.1, 0.15) is 19.4 Å². The van der Waals surface area contributed by atoms with E-state index in [0.29, 0.717) is 12.8 Å². The van der Waals surface area contributed by atoms with Gasteiger partial charge in [-0.05, 0) is 24.0 Å². The van der Waals surface area contributed by atoms with E-state index in [4.69, 9.17) is 4.74 Å². The quantitative estimate of drug-likeness (QED) is 0.647. The van der Waals surface area contributed by atoms with Crippen LogP contribution in [0.2, 0.25) is 0 Å². The van der Waals surface area contributed by atoms with Gasteiger partial charge < -0.3 is 15.2 Å². The Bertz CT molecular complexity index is 737. The molecule has 1 unspecified atom stereocenters. The summed E-state index contributed by atoms with van der Waals surface area (Å²) in [4.78, 5) is 26.3. The summed E-state index contributed by atoms with van der Waals surface area (Å²) in [5, 5.41) is 12.7. The van der Waals surface area contributed by atoms with Crippen molar-refractivity contribution >= 4 is 12.0 Å². The summed E-state index contributed by atoms with van der Waals surface area (Å²) in [7, 11) is 0. The lowest BCUT2D eigenvalue weighted by molar-refractivity contribution is -0.128. The van der Waals surface area contributed by atoms with Crippen molar-refractivity contribution in [3.05, 3.63) is 71.8 Å². The van der Waals surface area contributed by atoms with E-state index >= 15 is 0 Å². The molecule has 0 aliphatic heterocycles. The minimum Gasteiger partial charge on any atom is -0.444 e. The summed E-state index contributed by atoms with van der Waals surface area (Å²) in [6, 6.07) is 17.9. The van der Waals surface area contributed by atoms with Gasteiger partial charge >= 0.3 is 6.09 Å². The Labute approximate surface area is 166 Å². The molecule has 2 atom stereocenters. The molecular weight excluding hydrogens is 356 g/mol. The highest BCUT2D eigenvalue weighted by Crippen LogP contribution is 2.17. The van der Waals surface area contributed by atoms with Crippen LogP contribution in [0, 0.1) is 0 Å². The van der Waals surface area contributed by atoms with Crippen LogP contribution in [-0.4, -0.2) is 34.8 Å². The Hall–Kier alpha value is -2.86. The van der Waals surface area contributed by atoms with Crippen LogP contribution in [-0.2, 0) is 16.1 Å². The van der Waals surface area contributed by atoms with Crippen LogP contribution in [0.25, 0.3) is 0 Å². The van der Waals surface area contributed by atoms with Crippen molar-refractivity contribution in [1.29, 1.82) is 0 Å². The Morgan fingerprint density at radius 2 is 1.61 bits per heavy atom. The van der Waals surface area contributed by atoms with Crippen LogP contribution in [0.5, 0.6) is 0 Å². The zero-order chi connectivity index (χ0) is 20.4. The van der Waals surface area contributed by atoms with E-state index < -0.39 is 18.9 Å². The van der Waals surface area contributed by atoms with Gasteiger partial charge in [-0.1, -0.05) is 74.5 Å². The second-order valence-corrected chi connectivity index (χ2v) is 6.46. The molecule has 150 valence electrons. The minimum atomic E-state index is -0.814. The van der Waals surface area contributed by atoms with Crippen LogP contribution in [0.15, 0.2) is 60.7 Å². The smallest absolute Gasteiger partial charge is 0.412 e. The number of carbonyl (C=O) groups excluding carboxylic acids is 2. The number of ether oxygens (including phenoxy) is 1. The van der Waals surface area contributed by atoms with E-state index in [1.807, 2.05) is 67.6 Å². The van der Waals surface area contributed by atoms with Gasteiger partial charge in [0.05, 0.1) is 6.04 Å². The standard InChI is InChI=1S/C22H28N2O4/c1-3-19(18-13-9-6-10-14-18)23-21(26)20(4-2)24(16-25)22(27)28-15-17-11-7-5-8-12-17/h5-14,19-20,25H,3-4,15-16H2,1-2H3,(H,23,26)/t19?,20-/m0/s1. The average molecular weight is 384 g/mol. The Morgan fingerprint density at radius 1 is 1.00 bits per heavy atom. The summed E-state index contributed by atoms with van der Waals surface area (Å²) < 4.78 is 5.28. The van der Waals surface area contributed by atoms with E-state index in [1.54, 1.807) is 6.92 Å². The van der Waals surface area contributed by atoms with Gasteiger partial charge in [0.15, 0.2) is 0 Å². The molecule has 2 aromatic carbocycles. The molecule has 0 radical (unpaired) electrons. The Balaban J connectivity index is 2.02. The summed E-state index contributed by atoms with van der Waals surface area (Å²) in [6.07, 6.45) is 0.350. The van der Waals surface area contributed by atoms with Gasteiger partial charge in [0.2, 0.25) is 5.91 Å². The lowest BCUT2D eigenvalue weighted by atomic mass is 10.0. The molecule has 28 heavy (non-hydrogen) atoms. The number of aliphatic hydroxyl groups is 1. The molecule has 0 spiro atoms. The van der Waals surface area contributed by atoms with Gasteiger partial charge in [-0.15, -0.1) is 0 Å². The third-order valence-corrected chi connectivity index (χ3v) is 4.58. The zero-order valence-corrected chi connectivity index (χ0v) is 16.4. The van der Waals surface area contributed by atoms with Crippen molar-refractivity contribution in [2.24, 2.45) is 0 Å². The monoisotopic (exact) mass is 384 g/mol. The van der Waals surface area contributed by atoms with Crippen molar-refractivity contribution in [1.82, 2.24) is 10.2 Å². The van der Waals surface area contributed by atoms with Crippen molar-refractivity contribution in [3.63, 3.8) is 0 Å². The van der Waals surface area contributed by atoms with E-state index in [-0.39, 0.29) is 18.6 Å². The van der Waals surface area contributed by atoms with Crippen LogP contribution in [0.3, 0.4) is 0 Å².